The van der Waals surface area contributed by atoms with Gasteiger partial charge in [0.15, 0.2) is 0 Å². The Kier molecular flexibility index (Phi) is 4.09. The van der Waals surface area contributed by atoms with E-state index in [1.807, 2.05) is 0 Å². The largest absolute Gasteiger partial charge is 0.254 e. The first-order valence-corrected chi connectivity index (χ1v) is 6.84. The molecule has 0 radical (unpaired) electrons. The number of hydrogen-bond donors (Lipinski definition) is 0. The van der Waals surface area contributed by atoms with Crippen LogP contribution in [0.15, 0.2) is 47.4 Å². The molecule has 0 fully saturated rings. The SMILES string of the molecule is O=S(Cc1c(F)cccc1Cl)c1cccc(F)c1. The third-order valence-electron chi connectivity index (χ3n) is 2.40. The van der Waals surface area contributed by atoms with Gasteiger partial charge >= 0.3 is 0 Å². The van der Waals surface area contributed by atoms with Crippen molar-refractivity contribution in [3.8, 4) is 0 Å². The van der Waals surface area contributed by atoms with Gasteiger partial charge in [0, 0.05) is 15.5 Å². The highest BCUT2D eigenvalue weighted by molar-refractivity contribution is 7.84. The van der Waals surface area contributed by atoms with E-state index in [4.69, 9.17) is 11.6 Å². The van der Waals surface area contributed by atoms with Crippen molar-refractivity contribution in [1.82, 2.24) is 0 Å². The van der Waals surface area contributed by atoms with Crippen molar-refractivity contribution in [3.05, 3.63) is 64.7 Å². The van der Waals surface area contributed by atoms with Gasteiger partial charge in [0.05, 0.1) is 16.6 Å². The standard InChI is InChI=1S/C13H9ClF2OS/c14-12-5-2-6-13(16)11(12)8-18(17)10-4-1-3-9(15)7-10/h1-7H,8H2. The van der Waals surface area contributed by atoms with Crippen LogP contribution in [-0.4, -0.2) is 4.21 Å². The van der Waals surface area contributed by atoms with Gasteiger partial charge in [0.2, 0.25) is 0 Å². The number of hydrogen-bond acceptors (Lipinski definition) is 1. The first-order valence-electron chi connectivity index (χ1n) is 5.15. The molecule has 0 amide bonds. The van der Waals surface area contributed by atoms with Gasteiger partial charge in [-0.25, -0.2) is 8.78 Å². The van der Waals surface area contributed by atoms with Gasteiger partial charge in [-0.15, -0.1) is 0 Å². The van der Waals surface area contributed by atoms with Gasteiger partial charge in [-0.3, -0.25) is 4.21 Å². The zero-order chi connectivity index (χ0) is 13.1. The lowest BCUT2D eigenvalue weighted by Crippen LogP contribution is -2.00. The Hall–Kier alpha value is -1.26. The molecule has 0 aliphatic rings. The molecular weight excluding hydrogens is 278 g/mol. The molecule has 0 aliphatic carbocycles. The highest BCUT2D eigenvalue weighted by Crippen LogP contribution is 2.22. The summed E-state index contributed by atoms with van der Waals surface area (Å²) < 4.78 is 38.5. The Bertz CT molecular complexity index is 581. The molecule has 0 aromatic heterocycles. The molecular formula is C13H9ClF2OS. The van der Waals surface area contributed by atoms with Crippen molar-refractivity contribution in [1.29, 1.82) is 0 Å². The highest BCUT2D eigenvalue weighted by atomic mass is 35.5. The topological polar surface area (TPSA) is 17.1 Å². The fraction of sp³-hybridized carbons (Fsp3) is 0.0769. The van der Waals surface area contributed by atoms with Crippen LogP contribution < -0.4 is 0 Å². The van der Waals surface area contributed by atoms with E-state index in [1.165, 1.54) is 42.5 Å². The monoisotopic (exact) mass is 286 g/mol. The Morgan fingerprint density at radius 3 is 2.50 bits per heavy atom. The Morgan fingerprint density at radius 1 is 1.11 bits per heavy atom. The molecule has 2 aromatic carbocycles. The molecule has 0 aliphatic heterocycles. The average molecular weight is 287 g/mol. The van der Waals surface area contributed by atoms with Crippen molar-refractivity contribution < 1.29 is 13.0 Å². The van der Waals surface area contributed by atoms with E-state index in [0.717, 1.165) is 0 Å². The van der Waals surface area contributed by atoms with Gasteiger partial charge < -0.3 is 0 Å². The molecule has 0 heterocycles. The van der Waals surface area contributed by atoms with Crippen LogP contribution in [0.5, 0.6) is 0 Å². The third-order valence-corrected chi connectivity index (χ3v) is 4.08. The lowest BCUT2D eigenvalue weighted by Gasteiger charge is -2.06. The fourth-order valence-electron chi connectivity index (χ4n) is 1.49. The van der Waals surface area contributed by atoms with Gasteiger partial charge in [0.1, 0.15) is 11.6 Å². The van der Waals surface area contributed by atoms with E-state index in [1.54, 1.807) is 0 Å². The number of rotatable bonds is 3. The molecule has 94 valence electrons. The average Bonchev–Trinajstić information content (AvgIpc) is 2.34. The van der Waals surface area contributed by atoms with Crippen LogP contribution in [0.3, 0.4) is 0 Å². The maximum atomic E-state index is 13.5. The van der Waals surface area contributed by atoms with Crippen LogP contribution in [0.4, 0.5) is 8.78 Å². The van der Waals surface area contributed by atoms with Gasteiger partial charge in [0.25, 0.3) is 0 Å². The van der Waals surface area contributed by atoms with E-state index < -0.39 is 22.4 Å². The molecule has 2 rings (SSSR count). The minimum absolute atomic E-state index is 0.0744. The molecule has 1 unspecified atom stereocenters. The molecule has 0 spiro atoms. The smallest absolute Gasteiger partial charge is 0.128 e. The zero-order valence-corrected chi connectivity index (χ0v) is 10.8. The minimum Gasteiger partial charge on any atom is -0.254 e. The van der Waals surface area contributed by atoms with Crippen LogP contribution in [-0.2, 0) is 16.6 Å². The second kappa shape index (κ2) is 5.59. The summed E-state index contributed by atoms with van der Waals surface area (Å²) in [5.41, 5.74) is 0.182. The van der Waals surface area contributed by atoms with E-state index in [-0.39, 0.29) is 16.3 Å². The maximum absolute atomic E-state index is 13.5. The van der Waals surface area contributed by atoms with Crippen molar-refractivity contribution in [2.45, 2.75) is 10.6 Å². The first-order chi connectivity index (χ1) is 8.58. The van der Waals surface area contributed by atoms with E-state index >= 15 is 0 Å². The predicted molar refractivity (Wildman–Crippen MR) is 67.9 cm³/mol. The second-order valence-corrected chi connectivity index (χ2v) is 5.51. The summed E-state index contributed by atoms with van der Waals surface area (Å²) >= 11 is 5.84. The molecule has 2 aromatic rings. The molecule has 0 saturated carbocycles. The zero-order valence-electron chi connectivity index (χ0n) is 9.20. The fourth-order valence-corrected chi connectivity index (χ4v) is 3.00. The molecule has 1 nitrogen and oxygen atoms in total. The van der Waals surface area contributed by atoms with Crippen LogP contribution in [0, 0.1) is 11.6 Å². The minimum atomic E-state index is -1.53. The second-order valence-electron chi connectivity index (χ2n) is 3.65. The highest BCUT2D eigenvalue weighted by Gasteiger charge is 2.12. The van der Waals surface area contributed by atoms with Crippen LogP contribution in [0.1, 0.15) is 5.56 Å². The lowest BCUT2D eigenvalue weighted by atomic mass is 10.2. The molecule has 0 N–H and O–H groups in total. The van der Waals surface area contributed by atoms with Crippen LogP contribution in [0.25, 0.3) is 0 Å². The Labute approximate surface area is 111 Å². The molecule has 0 saturated heterocycles. The summed E-state index contributed by atoms with van der Waals surface area (Å²) in [6.45, 7) is 0. The van der Waals surface area contributed by atoms with Crippen LogP contribution >= 0.6 is 11.6 Å². The van der Waals surface area contributed by atoms with Crippen LogP contribution in [0.2, 0.25) is 5.02 Å². The summed E-state index contributed by atoms with van der Waals surface area (Å²) in [7, 11) is -1.53. The lowest BCUT2D eigenvalue weighted by molar-refractivity contribution is 0.614. The van der Waals surface area contributed by atoms with Crippen molar-refractivity contribution in [3.63, 3.8) is 0 Å². The number of halogens is 3. The van der Waals surface area contributed by atoms with Gasteiger partial charge in [-0.1, -0.05) is 23.7 Å². The summed E-state index contributed by atoms with van der Waals surface area (Å²) in [6.07, 6.45) is 0. The first kappa shape index (κ1) is 13.2. The van der Waals surface area contributed by atoms with E-state index in [2.05, 4.69) is 0 Å². The summed E-state index contributed by atoms with van der Waals surface area (Å²) in [5.74, 6) is -1.05. The summed E-state index contributed by atoms with van der Waals surface area (Å²) in [6, 6.07) is 9.69. The van der Waals surface area contributed by atoms with E-state index in [0.29, 0.717) is 4.90 Å². The van der Waals surface area contributed by atoms with Crippen molar-refractivity contribution in [2.24, 2.45) is 0 Å². The normalized spacial score (nSPS) is 12.4. The van der Waals surface area contributed by atoms with E-state index in [9.17, 15) is 13.0 Å². The summed E-state index contributed by atoms with van der Waals surface area (Å²) in [5, 5.41) is 0.222. The predicted octanol–water partition coefficient (Wildman–Crippen LogP) is 3.93. The van der Waals surface area contributed by atoms with Gasteiger partial charge in [-0.2, -0.15) is 0 Å². The summed E-state index contributed by atoms with van der Waals surface area (Å²) in [4.78, 5) is 0.314. The Balaban J connectivity index is 2.27. The number of benzene rings is 2. The molecule has 1 atom stereocenters. The maximum Gasteiger partial charge on any atom is 0.128 e. The van der Waals surface area contributed by atoms with Crippen molar-refractivity contribution >= 4 is 22.4 Å². The molecule has 18 heavy (non-hydrogen) atoms. The molecule has 0 bridgehead atoms. The van der Waals surface area contributed by atoms with Gasteiger partial charge in [-0.05, 0) is 30.3 Å². The molecule has 5 heteroatoms. The van der Waals surface area contributed by atoms with Crippen molar-refractivity contribution in [2.75, 3.05) is 0 Å². The third kappa shape index (κ3) is 2.94. The Morgan fingerprint density at radius 2 is 1.83 bits per heavy atom. The quantitative estimate of drug-likeness (QED) is 0.836.